The molecule has 2 aromatic rings. The molecule has 0 radical (unpaired) electrons. The summed E-state index contributed by atoms with van der Waals surface area (Å²) >= 11 is 1.67. The Balaban J connectivity index is 2.12. The van der Waals surface area contributed by atoms with Gasteiger partial charge < -0.3 is 14.8 Å². The molecule has 0 aliphatic rings. The van der Waals surface area contributed by atoms with Crippen LogP contribution in [-0.4, -0.2) is 14.2 Å². The summed E-state index contributed by atoms with van der Waals surface area (Å²) < 4.78 is 10.5. The van der Waals surface area contributed by atoms with Gasteiger partial charge in [-0.25, -0.2) is 0 Å². The van der Waals surface area contributed by atoms with Crippen molar-refractivity contribution in [2.45, 2.75) is 6.54 Å². The molecule has 1 aromatic heterocycles. The molecule has 4 heteroatoms. The van der Waals surface area contributed by atoms with Crippen molar-refractivity contribution in [2.75, 3.05) is 19.5 Å². The zero-order chi connectivity index (χ0) is 12.1. The molecule has 0 fully saturated rings. The lowest BCUT2D eigenvalue weighted by atomic mass is 10.2. The van der Waals surface area contributed by atoms with E-state index in [9.17, 15) is 0 Å². The highest BCUT2D eigenvalue weighted by molar-refractivity contribution is 7.08. The van der Waals surface area contributed by atoms with Crippen molar-refractivity contribution in [3.05, 3.63) is 40.6 Å². The minimum Gasteiger partial charge on any atom is -0.497 e. The van der Waals surface area contributed by atoms with Crippen LogP contribution in [0.5, 0.6) is 11.5 Å². The number of hydrogen-bond acceptors (Lipinski definition) is 4. The van der Waals surface area contributed by atoms with E-state index in [1.54, 1.807) is 25.6 Å². The summed E-state index contributed by atoms with van der Waals surface area (Å²) in [5, 5.41) is 7.46. The van der Waals surface area contributed by atoms with Crippen LogP contribution in [-0.2, 0) is 6.54 Å². The van der Waals surface area contributed by atoms with Crippen LogP contribution in [0.4, 0.5) is 5.69 Å². The predicted octanol–water partition coefficient (Wildman–Crippen LogP) is 3.38. The Kier molecular flexibility index (Phi) is 3.88. The normalized spacial score (nSPS) is 10.0. The largest absolute Gasteiger partial charge is 0.497 e. The second-order valence-corrected chi connectivity index (χ2v) is 4.32. The fourth-order valence-corrected chi connectivity index (χ4v) is 2.19. The van der Waals surface area contributed by atoms with Gasteiger partial charge in [0, 0.05) is 23.2 Å². The molecule has 0 saturated heterocycles. The van der Waals surface area contributed by atoms with E-state index < -0.39 is 0 Å². The maximum atomic E-state index is 5.32. The molecule has 0 aliphatic heterocycles. The van der Waals surface area contributed by atoms with Crippen LogP contribution in [0.2, 0.25) is 0 Å². The molecule has 0 amide bonds. The van der Waals surface area contributed by atoms with Gasteiger partial charge in [-0.05, 0) is 29.6 Å². The Morgan fingerprint density at radius 1 is 1.18 bits per heavy atom. The Hall–Kier alpha value is -1.68. The molecule has 0 saturated carbocycles. The van der Waals surface area contributed by atoms with Crippen LogP contribution in [0.3, 0.4) is 0 Å². The molecule has 1 heterocycles. The molecular formula is C13H15NO2S. The summed E-state index contributed by atoms with van der Waals surface area (Å²) in [4.78, 5) is 0. The Labute approximate surface area is 105 Å². The highest BCUT2D eigenvalue weighted by Gasteiger charge is 2.04. The van der Waals surface area contributed by atoms with E-state index in [0.29, 0.717) is 0 Å². The number of anilines is 1. The van der Waals surface area contributed by atoms with E-state index in [1.807, 2.05) is 23.6 Å². The first-order chi connectivity index (χ1) is 8.33. The van der Waals surface area contributed by atoms with E-state index in [-0.39, 0.29) is 0 Å². The summed E-state index contributed by atoms with van der Waals surface area (Å²) in [6, 6.07) is 7.85. The van der Waals surface area contributed by atoms with Crippen molar-refractivity contribution in [3.63, 3.8) is 0 Å². The van der Waals surface area contributed by atoms with Crippen molar-refractivity contribution in [1.82, 2.24) is 0 Å². The number of rotatable bonds is 5. The number of thiophene rings is 1. The lowest BCUT2D eigenvalue weighted by Crippen LogP contribution is -2.01. The van der Waals surface area contributed by atoms with Gasteiger partial charge in [-0.15, -0.1) is 0 Å². The van der Waals surface area contributed by atoms with Crippen molar-refractivity contribution in [1.29, 1.82) is 0 Å². The van der Waals surface area contributed by atoms with Crippen molar-refractivity contribution in [2.24, 2.45) is 0 Å². The quantitative estimate of drug-likeness (QED) is 0.881. The van der Waals surface area contributed by atoms with Crippen molar-refractivity contribution in [3.8, 4) is 11.5 Å². The van der Waals surface area contributed by atoms with Crippen molar-refractivity contribution >= 4 is 17.0 Å². The molecule has 1 N–H and O–H groups in total. The fourth-order valence-electron chi connectivity index (χ4n) is 1.58. The molecule has 0 atom stereocenters. The van der Waals surface area contributed by atoms with Gasteiger partial charge >= 0.3 is 0 Å². The monoisotopic (exact) mass is 249 g/mol. The number of hydrogen-bond donors (Lipinski definition) is 1. The van der Waals surface area contributed by atoms with E-state index in [4.69, 9.17) is 9.47 Å². The minimum absolute atomic E-state index is 0.719. The van der Waals surface area contributed by atoms with E-state index in [1.165, 1.54) is 0 Å². The number of benzene rings is 1. The molecule has 0 aliphatic carbocycles. The van der Waals surface area contributed by atoms with Crippen LogP contribution in [0.15, 0.2) is 35.0 Å². The Morgan fingerprint density at radius 3 is 2.71 bits per heavy atom. The molecule has 0 bridgehead atoms. The molecule has 17 heavy (non-hydrogen) atoms. The van der Waals surface area contributed by atoms with E-state index in [2.05, 4.69) is 16.8 Å². The number of methoxy groups -OCH3 is 2. The topological polar surface area (TPSA) is 30.5 Å². The third-order valence-electron chi connectivity index (χ3n) is 2.49. The Bertz CT molecular complexity index is 468. The Morgan fingerprint density at radius 2 is 2.06 bits per heavy atom. The van der Waals surface area contributed by atoms with Gasteiger partial charge in [-0.1, -0.05) is 0 Å². The van der Waals surface area contributed by atoms with Gasteiger partial charge in [0.1, 0.15) is 11.5 Å². The van der Waals surface area contributed by atoms with E-state index >= 15 is 0 Å². The zero-order valence-electron chi connectivity index (χ0n) is 9.90. The highest BCUT2D eigenvalue weighted by Crippen LogP contribution is 2.25. The van der Waals surface area contributed by atoms with E-state index in [0.717, 1.165) is 29.3 Å². The van der Waals surface area contributed by atoms with Crippen LogP contribution >= 0.6 is 11.3 Å². The second kappa shape index (κ2) is 5.59. The standard InChI is InChI=1S/C13H15NO2S/c1-15-12-3-4-13(16-2)10(7-12)8-14-11-5-6-17-9-11/h3-7,9,14H,8H2,1-2H3. The first kappa shape index (κ1) is 11.8. The van der Waals surface area contributed by atoms with Gasteiger partial charge in [0.2, 0.25) is 0 Å². The van der Waals surface area contributed by atoms with Gasteiger partial charge in [-0.2, -0.15) is 11.3 Å². The fraction of sp³-hybridized carbons (Fsp3) is 0.231. The van der Waals surface area contributed by atoms with Crippen LogP contribution in [0.1, 0.15) is 5.56 Å². The first-order valence-electron chi connectivity index (χ1n) is 5.30. The molecular weight excluding hydrogens is 234 g/mol. The van der Waals surface area contributed by atoms with Gasteiger partial charge in [-0.3, -0.25) is 0 Å². The van der Waals surface area contributed by atoms with Crippen LogP contribution in [0, 0.1) is 0 Å². The second-order valence-electron chi connectivity index (χ2n) is 3.54. The third kappa shape index (κ3) is 2.91. The van der Waals surface area contributed by atoms with Crippen molar-refractivity contribution < 1.29 is 9.47 Å². The summed E-state index contributed by atoms with van der Waals surface area (Å²) in [5.74, 6) is 1.71. The first-order valence-corrected chi connectivity index (χ1v) is 6.24. The lowest BCUT2D eigenvalue weighted by Gasteiger charge is -2.11. The average molecular weight is 249 g/mol. The predicted molar refractivity (Wildman–Crippen MR) is 71.2 cm³/mol. The SMILES string of the molecule is COc1ccc(OC)c(CNc2ccsc2)c1. The minimum atomic E-state index is 0.719. The van der Waals surface area contributed by atoms with Gasteiger partial charge in [0.05, 0.1) is 14.2 Å². The molecule has 0 unspecified atom stereocenters. The summed E-state index contributed by atoms with van der Waals surface area (Å²) in [7, 11) is 3.34. The molecule has 3 nitrogen and oxygen atoms in total. The maximum Gasteiger partial charge on any atom is 0.124 e. The number of nitrogens with one attached hydrogen (secondary N) is 1. The van der Waals surface area contributed by atoms with Crippen LogP contribution < -0.4 is 14.8 Å². The van der Waals surface area contributed by atoms with Gasteiger partial charge in [0.15, 0.2) is 0 Å². The molecule has 1 aromatic carbocycles. The number of ether oxygens (including phenoxy) is 2. The van der Waals surface area contributed by atoms with Gasteiger partial charge in [0.25, 0.3) is 0 Å². The summed E-state index contributed by atoms with van der Waals surface area (Å²) in [6.07, 6.45) is 0. The maximum absolute atomic E-state index is 5.32. The zero-order valence-corrected chi connectivity index (χ0v) is 10.7. The highest BCUT2D eigenvalue weighted by atomic mass is 32.1. The lowest BCUT2D eigenvalue weighted by molar-refractivity contribution is 0.399. The summed E-state index contributed by atoms with van der Waals surface area (Å²) in [6.45, 7) is 0.719. The third-order valence-corrected chi connectivity index (χ3v) is 3.17. The summed E-state index contributed by atoms with van der Waals surface area (Å²) in [5.41, 5.74) is 2.21. The average Bonchev–Trinajstić information content (AvgIpc) is 2.89. The molecule has 2 rings (SSSR count). The van der Waals surface area contributed by atoms with Crippen LogP contribution in [0.25, 0.3) is 0 Å². The molecule has 0 spiro atoms. The molecule has 90 valence electrons. The smallest absolute Gasteiger partial charge is 0.124 e.